The van der Waals surface area contributed by atoms with E-state index in [1.54, 1.807) is 36.4 Å². The Morgan fingerprint density at radius 1 is 1.20 bits per heavy atom. The van der Waals surface area contributed by atoms with Crippen molar-refractivity contribution in [1.82, 2.24) is 10.1 Å². The smallest absolute Gasteiger partial charge is 0.335 e. The molecule has 2 aliphatic carbocycles. The highest BCUT2D eigenvalue weighted by atomic mass is 35.5. The molecule has 7 rings (SSSR count). The summed E-state index contributed by atoms with van der Waals surface area (Å²) in [5.74, 6) is 0.228. The number of halogens is 3. The van der Waals surface area contributed by atoms with Gasteiger partial charge in [0.1, 0.15) is 18.1 Å². The molecular formula is C29H26Cl2FN3O4S. The number of carboxylic acid groups (broad SMARTS) is 1. The number of alkyl halides is 1. The largest absolute Gasteiger partial charge is 0.478 e. The van der Waals surface area contributed by atoms with Gasteiger partial charge in [-0.05, 0) is 67.9 Å². The fourth-order valence-corrected chi connectivity index (χ4v) is 7.92. The van der Waals surface area contributed by atoms with Gasteiger partial charge in [0.05, 0.1) is 44.6 Å². The molecule has 1 spiro atoms. The van der Waals surface area contributed by atoms with Crippen molar-refractivity contribution < 1.29 is 23.6 Å². The predicted octanol–water partition coefficient (Wildman–Crippen LogP) is 7.75. The second kappa shape index (κ2) is 9.98. The van der Waals surface area contributed by atoms with Crippen LogP contribution in [0, 0.1) is 5.41 Å². The van der Waals surface area contributed by atoms with Crippen molar-refractivity contribution in [3.05, 3.63) is 63.3 Å². The maximum atomic E-state index is 14.2. The Kier molecular flexibility index (Phi) is 6.53. The molecule has 1 unspecified atom stereocenters. The molecule has 7 nitrogen and oxygen atoms in total. The van der Waals surface area contributed by atoms with E-state index in [1.807, 2.05) is 0 Å². The highest BCUT2D eigenvalue weighted by Crippen LogP contribution is 2.54. The zero-order chi connectivity index (χ0) is 27.6. The third kappa shape index (κ3) is 4.57. The van der Waals surface area contributed by atoms with E-state index in [0.717, 1.165) is 58.8 Å². The molecule has 208 valence electrons. The van der Waals surface area contributed by atoms with Gasteiger partial charge in [0.2, 0.25) is 0 Å². The van der Waals surface area contributed by atoms with Crippen LogP contribution >= 0.6 is 34.5 Å². The Labute approximate surface area is 243 Å². The van der Waals surface area contributed by atoms with E-state index in [0.29, 0.717) is 40.4 Å². The number of carbonyl (C=O) groups is 1. The van der Waals surface area contributed by atoms with Gasteiger partial charge in [0.15, 0.2) is 5.13 Å². The van der Waals surface area contributed by atoms with E-state index < -0.39 is 12.6 Å². The number of aromatic nitrogens is 2. The highest BCUT2D eigenvalue weighted by molar-refractivity contribution is 7.22. The predicted molar refractivity (Wildman–Crippen MR) is 152 cm³/mol. The third-order valence-corrected chi connectivity index (χ3v) is 10.1. The molecular weight excluding hydrogens is 576 g/mol. The first-order chi connectivity index (χ1) is 19.3. The van der Waals surface area contributed by atoms with E-state index in [1.165, 1.54) is 11.3 Å². The average molecular weight is 603 g/mol. The molecule has 2 aromatic heterocycles. The summed E-state index contributed by atoms with van der Waals surface area (Å²) >= 11 is 14.4. The van der Waals surface area contributed by atoms with Gasteiger partial charge in [-0.15, -0.1) is 0 Å². The number of hydrogen-bond acceptors (Lipinski definition) is 7. The molecule has 1 saturated heterocycles. The lowest BCUT2D eigenvalue weighted by Gasteiger charge is -2.44. The fraction of sp³-hybridized carbons (Fsp3) is 0.414. The molecule has 1 aliphatic heterocycles. The zero-order valence-corrected chi connectivity index (χ0v) is 23.7. The monoisotopic (exact) mass is 601 g/mol. The number of benzene rings is 2. The molecule has 11 heteroatoms. The number of hydrogen-bond donors (Lipinski definition) is 1. The highest BCUT2D eigenvalue weighted by Gasteiger charge is 2.53. The standard InChI is InChI=1S/C29H26Cl2FN3O4S/c30-20-2-1-3-21(31)24(20)25-19(26(39-34-25)15-4-5-15)13-38-18-10-29(11-18)9-17(12-32)35(14-29)28-33-22-7-6-16(27(36)37)8-23(22)40-28/h1-3,6-8,15,17-18H,4-5,9-14H2,(H,36,37). The Bertz CT molecular complexity index is 1590. The molecule has 3 fully saturated rings. The first-order valence-electron chi connectivity index (χ1n) is 13.3. The normalized spacial score (nSPS) is 24.2. The number of rotatable bonds is 8. The fourth-order valence-electron chi connectivity index (χ4n) is 6.26. The minimum absolute atomic E-state index is 0.0334. The van der Waals surface area contributed by atoms with Gasteiger partial charge in [-0.3, -0.25) is 0 Å². The van der Waals surface area contributed by atoms with Crippen molar-refractivity contribution in [1.29, 1.82) is 0 Å². The van der Waals surface area contributed by atoms with E-state index in [4.69, 9.17) is 37.4 Å². The SMILES string of the molecule is O=C(O)c1ccc2nc(N3CC4(CC(OCc5c(-c6c(Cl)cccc6Cl)noc5C5CC5)C4)CC3CF)sc2c1. The molecule has 3 aliphatic rings. The van der Waals surface area contributed by atoms with Gasteiger partial charge in [-0.1, -0.05) is 45.8 Å². The van der Waals surface area contributed by atoms with Crippen LogP contribution in [0.25, 0.3) is 21.5 Å². The number of ether oxygens (including phenoxy) is 1. The summed E-state index contributed by atoms with van der Waals surface area (Å²) in [6.07, 6.45) is 4.58. The maximum absolute atomic E-state index is 14.2. The summed E-state index contributed by atoms with van der Waals surface area (Å²) in [7, 11) is 0. The summed E-state index contributed by atoms with van der Waals surface area (Å²) in [5.41, 5.74) is 3.12. The van der Waals surface area contributed by atoms with Crippen LogP contribution in [0.2, 0.25) is 10.0 Å². The zero-order valence-electron chi connectivity index (χ0n) is 21.4. The summed E-state index contributed by atoms with van der Waals surface area (Å²) in [5, 5.41) is 15.4. The van der Waals surface area contributed by atoms with Crippen molar-refractivity contribution in [2.75, 3.05) is 18.1 Å². The molecule has 2 aromatic carbocycles. The van der Waals surface area contributed by atoms with Crippen molar-refractivity contribution in [3.8, 4) is 11.3 Å². The van der Waals surface area contributed by atoms with Crippen LogP contribution in [0.4, 0.5) is 9.52 Å². The minimum atomic E-state index is -0.975. The molecule has 0 radical (unpaired) electrons. The van der Waals surface area contributed by atoms with Crippen LogP contribution in [0.3, 0.4) is 0 Å². The van der Waals surface area contributed by atoms with Crippen LogP contribution in [0.1, 0.15) is 59.7 Å². The number of carboxylic acids is 1. The van der Waals surface area contributed by atoms with Crippen LogP contribution in [-0.2, 0) is 11.3 Å². The lowest BCUT2D eigenvalue weighted by Crippen LogP contribution is -2.44. The quantitative estimate of drug-likeness (QED) is 0.221. The summed E-state index contributed by atoms with van der Waals surface area (Å²) in [6.45, 7) is 0.595. The van der Waals surface area contributed by atoms with Gasteiger partial charge in [-0.2, -0.15) is 0 Å². The molecule has 4 aromatic rings. The third-order valence-electron chi connectivity index (χ3n) is 8.41. The number of thiazole rings is 1. The summed E-state index contributed by atoms with van der Waals surface area (Å²) in [6, 6.07) is 10.0. The lowest BCUT2D eigenvalue weighted by molar-refractivity contribution is -0.0809. The Balaban J connectivity index is 1.06. The Morgan fingerprint density at radius 3 is 2.67 bits per heavy atom. The molecule has 0 amide bonds. The van der Waals surface area contributed by atoms with Crippen molar-refractivity contribution in [3.63, 3.8) is 0 Å². The number of anilines is 1. The summed E-state index contributed by atoms with van der Waals surface area (Å²) in [4.78, 5) is 18.1. The molecule has 3 heterocycles. The van der Waals surface area contributed by atoms with Crippen molar-refractivity contribution >= 4 is 55.9 Å². The maximum Gasteiger partial charge on any atom is 0.335 e. The molecule has 1 atom stereocenters. The minimum Gasteiger partial charge on any atom is -0.478 e. The second-order valence-corrected chi connectivity index (χ2v) is 13.0. The first kappa shape index (κ1) is 26.2. The van der Waals surface area contributed by atoms with E-state index >= 15 is 0 Å². The van der Waals surface area contributed by atoms with Crippen molar-refractivity contribution in [2.24, 2.45) is 5.41 Å². The molecule has 0 bridgehead atoms. The Hall–Kier alpha value is -2.72. The van der Waals surface area contributed by atoms with Crippen LogP contribution < -0.4 is 4.90 Å². The van der Waals surface area contributed by atoms with Crippen LogP contribution in [0.5, 0.6) is 0 Å². The summed E-state index contributed by atoms with van der Waals surface area (Å²) < 4.78 is 27.1. The first-order valence-corrected chi connectivity index (χ1v) is 14.9. The molecule has 2 saturated carbocycles. The van der Waals surface area contributed by atoms with Gasteiger partial charge in [0.25, 0.3) is 0 Å². The molecule has 1 N–H and O–H groups in total. The van der Waals surface area contributed by atoms with Crippen molar-refractivity contribution in [2.45, 2.75) is 56.8 Å². The Morgan fingerprint density at radius 2 is 1.98 bits per heavy atom. The second-order valence-electron chi connectivity index (χ2n) is 11.2. The van der Waals surface area contributed by atoms with Crippen LogP contribution in [0.15, 0.2) is 40.9 Å². The van der Waals surface area contributed by atoms with Crippen LogP contribution in [-0.4, -0.2) is 46.6 Å². The van der Waals surface area contributed by atoms with E-state index in [2.05, 4.69) is 10.1 Å². The number of fused-ring (bicyclic) bond motifs is 1. The van der Waals surface area contributed by atoms with Gasteiger partial charge in [0, 0.05) is 23.6 Å². The topological polar surface area (TPSA) is 88.7 Å². The van der Waals surface area contributed by atoms with E-state index in [9.17, 15) is 14.3 Å². The molecule has 40 heavy (non-hydrogen) atoms. The van der Waals surface area contributed by atoms with Gasteiger partial charge >= 0.3 is 5.97 Å². The van der Waals surface area contributed by atoms with Gasteiger partial charge in [-0.25, -0.2) is 14.2 Å². The van der Waals surface area contributed by atoms with Gasteiger partial charge < -0.3 is 19.3 Å². The average Bonchev–Trinajstić information content (AvgIpc) is 3.36. The lowest BCUT2D eigenvalue weighted by atomic mass is 9.65. The number of aromatic carboxylic acids is 1. The number of nitrogens with zero attached hydrogens (tertiary/aromatic N) is 3. The van der Waals surface area contributed by atoms with E-state index in [-0.39, 0.29) is 23.1 Å².